The Morgan fingerprint density at radius 1 is 1.21 bits per heavy atom. The van der Waals surface area contributed by atoms with Gasteiger partial charge in [-0.3, -0.25) is 9.36 Å². The number of hydrogen-bond donors (Lipinski definition) is 5. The molecule has 1 aliphatic heterocycles. The summed E-state index contributed by atoms with van der Waals surface area (Å²) in [5, 5.41) is 34.3. The van der Waals surface area contributed by atoms with E-state index in [9.17, 15) is 20.1 Å². The van der Waals surface area contributed by atoms with Gasteiger partial charge in [-0.2, -0.15) is 5.10 Å². The zero-order chi connectivity index (χ0) is 24.4. The first-order valence-corrected chi connectivity index (χ1v) is 10.1. The molecule has 0 amide bonds. The average molecular weight is 476 g/mol. The Morgan fingerprint density at radius 3 is 2.50 bits per heavy atom. The van der Waals surface area contributed by atoms with Crippen molar-refractivity contribution in [1.29, 1.82) is 0 Å². The molecule has 0 saturated carbocycles. The van der Waals surface area contributed by atoms with Crippen molar-refractivity contribution in [2.24, 2.45) is 5.10 Å². The Labute approximate surface area is 192 Å². The molecule has 4 unspecified atom stereocenters. The Morgan fingerprint density at radius 2 is 1.91 bits per heavy atom. The van der Waals surface area contributed by atoms with Gasteiger partial charge >= 0.3 is 0 Å². The predicted molar refractivity (Wildman–Crippen MR) is 118 cm³/mol. The predicted octanol–water partition coefficient (Wildman–Crippen LogP) is -0.797. The summed E-state index contributed by atoms with van der Waals surface area (Å²) in [5.41, 5.74) is 2.83. The van der Waals surface area contributed by atoms with E-state index in [1.165, 1.54) is 38.4 Å². The number of benzene rings is 1. The van der Waals surface area contributed by atoms with E-state index in [1.54, 1.807) is 12.1 Å². The van der Waals surface area contributed by atoms with E-state index in [4.69, 9.17) is 18.9 Å². The molecule has 0 radical (unpaired) electrons. The lowest BCUT2D eigenvalue weighted by Gasteiger charge is -2.18. The van der Waals surface area contributed by atoms with Gasteiger partial charge in [0.1, 0.15) is 18.3 Å². The van der Waals surface area contributed by atoms with Crippen LogP contribution in [0.25, 0.3) is 11.2 Å². The summed E-state index contributed by atoms with van der Waals surface area (Å²) in [5.74, 6) is 1.29. The number of hydrogen-bond acceptors (Lipinski definition) is 12. The van der Waals surface area contributed by atoms with Gasteiger partial charge in [-0.25, -0.2) is 15.4 Å². The number of ether oxygens (including phenoxy) is 4. The van der Waals surface area contributed by atoms with Gasteiger partial charge in [-0.1, -0.05) is 0 Å². The van der Waals surface area contributed by atoms with Crippen molar-refractivity contribution in [2.45, 2.75) is 24.5 Å². The number of aliphatic hydroxyl groups excluding tert-OH is 3. The van der Waals surface area contributed by atoms with Gasteiger partial charge in [0, 0.05) is 5.56 Å². The topological polar surface area (TPSA) is 186 Å². The monoisotopic (exact) mass is 476 g/mol. The number of aliphatic hydroxyl groups is 3. The Bertz CT molecular complexity index is 1230. The van der Waals surface area contributed by atoms with E-state index < -0.39 is 36.7 Å². The molecule has 0 aliphatic carbocycles. The Kier molecular flexibility index (Phi) is 6.65. The molecule has 14 nitrogen and oxygen atoms in total. The first-order chi connectivity index (χ1) is 16.4. The van der Waals surface area contributed by atoms with Gasteiger partial charge in [-0.05, 0) is 12.1 Å². The highest BCUT2D eigenvalue weighted by molar-refractivity contribution is 5.83. The molecule has 1 saturated heterocycles. The molecular formula is C20H24N6O8. The molecule has 0 bridgehead atoms. The van der Waals surface area contributed by atoms with Crippen LogP contribution in [0.1, 0.15) is 11.8 Å². The van der Waals surface area contributed by atoms with Crippen LogP contribution in [0.4, 0.5) is 5.95 Å². The second-order valence-corrected chi connectivity index (χ2v) is 7.27. The second-order valence-electron chi connectivity index (χ2n) is 7.27. The van der Waals surface area contributed by atoms with E-state index in [0.717, 1.165) is 0 Å². The van der Waals surface area contributed by atoms with Crippen LogP contribution in [-0.2, 0) is 4.74 Å². The lowest BCUT2D eigenvalue weighted by atomic mass is 10.1. The molecule has 1 fully saturated rings. The summed E-state index contributed by atoms with van der Waals surface area (Å²) in [6.07, 6.45) is -2.38. The first kappa shape index (κ1) is 23.4. The molecule has 182 valence electrons. The minimum Gasteiger partial charge on any atom is -0.493 e. The van der Waals surface area contributed by atoms with E-state index in [2.05, 4.69) is 25.5 Å². The number of imidazole rings is 1. The maximum atomic E-state index is 12.3. The minimum absolute atomic E-state index is 0.0118. The van der Waals surface area contributed by atoms with Crippen molar-refractivity contribution in [3.63, 3.8) is 0 Å². The SMILES string of the molecule is COc1cc(C=NNc2nc3c(=O)[nH]cnc3n2C2OC(CO)C(O)C2O)cc(OC)c1OC. The van der Waals surface area contributed by atoms with Gasteiger partial charge in [0.05, 0.1) is 40.5 Å². The molecule has 4 rings (SSSR count). The standard InChI is InChI=1S/C20H24N6O8/c1-31-10-4-9(5-11(32-2)16(10)33-3)6-23-25-20-24-13-17(21-8-22-18(13)30)26(20)19-15(29)14(28)12(7-27)34-19/h4-6,8,12,14-15,19,27-29H,7H2,1-3H3,(H,24,25)(H,21,22,30). The zero-order valence-electron chi connectivity index (χ0n) is 18.5. The number of methoxy groups -OCH3 is 3. The third kappa shape index (κ3) is 4.03. The van der Waals surface area contributed by atoms with Gasteiger partial charge in [0.15, 0.2) is 28.9 Å². The van der Waals surface area contributed by atoms with Crippen LogP contribution in [0, 0.1) is 0 Å². The number of nitrogens with zero attached hydrogens (tertiary/aromatic N) is 4. The van der Waals surface area contributed by atoms with Crippen molar-refractivity contribution in [3.05, 3.63) is 34.4 Å². The fourth-order valence-electron chi connectivity index (χ4n) is 3.67. The van der Waals surface area contributed by atoms with Crippen LogP contribution in [0.3, 0.4) is 0 Å². The van der Waals surface area contributed by atoms with Crippen molar-refractivity contribution in [3.8, 4) is 17.2 Å². The molecule has 5 N–H and O–H groups in total. The molecule has 4 atom stereocenters. The highest BCUT2D eigenvalue weighted by Gasteiger charge is 2.45. The summed E-state index contributed by atoms with van der Waals surface area (Å²) >= 11 is 0. The zero-order valence-corrected chi connectivity index (χ0v) is 18.5. The highest BCUT2D eigenvalue weighted by Crippen LogP contribution is 2.38. The summed E-state index contributed by atoms with van der Waals surface area (Å²) in [4.78, 5) is 23.0. The molecule has 3 aromatic rings. The molecule has 3 heterocycles. The Balaban J connectivity index is 1.71. The molecule has 1 aliphatic rings. The van der Waals surface area contributed by atoms with Gasteiger partial charge in [0.2, 0.25) is 11.7 Å². The maximum absolute atomic E-state index is 12.3. The molecule has 34 heavy (non-hydrogen) atoms. The fourth-order valence-corrected chi connectivity index (χ4v) is 3.67. The molecule has 0 spiro atoms. The number of aromatic amines is 1. The van der Waals surface area contributed by atoms with Crippen molar-refractivity contribution < 1.29 is 34.3 Å². The van der Waals surface area contributed by atoms with E-state index in [-0.39, 0.29) is 17.1 Å². The van der Waals surface area contributed by atoms with Gasteiger partial charge in [0.25, 0.3) is 5.56 Å². The van der Waals surface area contributed by atoms with Crippen LogP contribution in [-0.4, -0.2) is 87.3 Å². The van der Waals surface area contributed by atoms with Crippen LogP contribution in [0.2, 0.25) is 0 Å². The number of aromatic nitrogens is 4. The second kappa shape index (κ2) is 9.64. The summed E-state index contributed by atoms with van der Waals surface area (Å²) in [7, 11) is 4.47. The number of nitrogens with one attached hydrogen (secondary N) is 2. The lowest BCUT2D eigenvalue weighted by molar-refractivity contribution is -0.0501. The Hall–Kier alpha value is -3.72. The maximum Gasteiger partial charge on any atom is 0.278 e. The summed E-state index contributed by atoms with van der Waals surface area (Å²) in [6.45, 7) is -0.516. The summed E-state index contributed by atoms with van der Waals surface area (Å²) in [6, 6.07) is 3.35. The van der Waals surface area contributed by atoms with Crippen LogP contribution >= 0.6 is 0 Å². The van der Waals surface area contributed by atoms with Crippen molar-refractivity contribution in [1.82, 2.24) is 19.5 Å². The normalized spacial score (nSPS) is 22.4. The number of hydrazone groups is 1. The van der Waals surface area contributed by atoms with Crippen LogP contribution in [0.15, 0.2) is 28.4 Å². The smallest absolute Gasteiger partial charge is 0.278 e. The average Bonchev–Trinajstić information content (AvgIpc) is 3.35. The summed E-state index contributed by atoms with van der Waals surface area (Å²) < 4.78 is 22.9. The van der Waals surface area contributed by atoms with Crippen molar-refractivity contribution in [2.75, 3.05) is 33.4 Å². The van der Waals surface area contributed by atoms with Crippen molar-refractivity contribution >= 4 is 23.3 Å². The number of H-pyrrole nitrogens is 1. The highest BCUT2D eigenvalue weighted by atomic mass is 16.6. The van der Waals surface area contributed by atoms with Gasteiger partial charge in [-0.15, -0.1) is 0 Å². The molecule has 2 aromatic heterocycles. The third-order valence-electron chi connectivity index (χ3n) is 5.32. The largest absolute Gasteiger partial charge is 0.493 e. The number of anilines is 1. The first-order valence-electron chi connectivity index (χ1n) is 10.1. The third-order valence-corrected chi connectivity index (χ3v) is 5.32. The van der Waals surface area contributed by atoms with E-state index in [0.29, 0.717) is 22.8 Å². The van der Waals surface area contributed by atoms with Gasteiger partial charge < -0.3 is 39.3 Å². The van der Waals surface area contributed by atoms with Crippen LogP contribution < -0.4 is 25.2 Å². The molecule has 14 heteroatoms. The van der Waals surface area contributed by atoms with E-state index >= 15 is 0 Å². The fraction of sp³-hybridized carbons (Fsp3) is 0.400. The molecule has 1 aromatic carbocycles. The minimum atomic E-state index is -1.42. The van der Waals surface area contributed by atoms with Crippen LogP contribution in [0.5, 0.6) is 17.2 Å². The lowest BCUT2D eigenvalue weighted by Crippen LogP contribution is -2.33. The molecular weight excluding hydrogens is 452 g/mol. The number of fused-ring (bicyclic) bond motifs is 1. The van der Waals surface area contributed by atoms with E-state index in [1.807, 2.05) is 0 Å². The quantitative estimate of drug-likeness (QED) is 0.202. The number of rotatable bonds is 8.